The lowest BCUT2D eigenvalue weighted by atomic mass is 10.1. The molecule has 0 bridgehead atoms. The summed E-state index contributed by atoms with van der Waals surface area (Å²) < 4.78 is 88.1. The number of sulfone groups is 1. The highest BCUT2D eigenvalue weighted by molar-refractivity contribution is 8.33. The first-order valence-electron chi connectivity index (χ1n) is 7.51. The maximum Gasteiger partial charge on any atom is 0.523 e. The van der Waals surface area contributed by atoms with E-state index in [-0.39, 0.29) is 10.5 Å². The van der Waals surface area contributed by atoms with Gasteiger partial charge in [0.2, 0.25) is 0 Å². The summed E-state index contributed by atoms with van der Waals surface area (Å²) in [6.45, 7) is -1.55. The fraction of sp³-hybridized carbons (Fsp3) is 0.500. The lowest BCUT2D eigenvalue weighted by Gasteiger charge is -2.37. The smallest absolute Gasteiger partial charge is 0.395 e. The fourth-order valence-corrected chi connectivity index (χ4v) is 7.11. The average Bonchev–Trinajstić information content (AvgIpc) is 2.53. The van der Waals surface area contributed by atoms with E-state index in [9.17, 15) is 34.8 Å². The van der Waals surface area contributed by atoms with Crippen molar-refractivity contribution in [1.82, 2.24) is 0 Å². The predicted molar refractivity (Wildman–Crippen MR) is 96.3 cm³/mol. The number of rotatable bonds is 10. The molecule has 0 amide bonds. The molecule has 0 fully saturated rings. The van der Waals surface area contributed by atoms with Crippen molar-refractivity contribution in [3.8, 4) is 0 Å². The molecule has 2 N–H and O–H groups in total. The molecule has 8 nitrogen and oxygen atoms in total. The first kappa shape index (κ1) is 24.8. The number of carbonyl (C=O) groups is 1. The van der Waals surface area contributed by atoms with Crippen LogP contribution in [-0.2, 0) is 23.6 Å². The SMILES string of the molecule is CS(=O)(=O)c1ccc(C(=O)CS(CCO)(CCO)OS(=O)(=O)C(F)(F)F)cc1. The Bertz CT molecular complexity index is 887. The average molecular weight is 468 g/mol. The number of aliphatic hydroxyl groups excluding tert-OH is 2. The van der Waals surface area contributed by atoms with Crippen molar-refractivity contribution < 1.29 is 48.6 Å². The molecule has 0 aromatic heterocycles. The first-order valence-corrected chi connectivity index (χ1v) is 12.9. The third-order valence-electron chi connectivity index (χ3n) is 3.44. The molecule has 0 aliphatic heterocycles. The summed E-state index contributed by atoms with van der Waals surface area (Å²) in [5.41, 5.74) is -5.83. The fourth-order valence-electron chi connectivity index (χ4n) is 2.11. The summed E-state index contributed by atoms with van der Waals surface area (Å²) in [4.78, 5) is 12.4. The molecular weight excluding hydrogens is 449 g/mol. The molecule has 0 spiro atoms. The van der Waals surface area contributed by atoms with E-state index in [4.69, 9.17) is 10.2 Å². The lowest BCUT2D eigenvalue weighted by Crippen LogP contribution is -2.33. The monoisotopic (exact) mass is 468 g/mol. The largest absolute Gasteiger partial charge is 0.523 e. The van der Waals surface area contributed by atoms with Crippen LogP contribution in [0.25, 0.3) is 0 Å². The van der Waals surface area contributed by atoms with E-state index < -0.39 is 72.0 Å². The van der Waals surface area contributed by atoms with Gasteiger partial charge in [-0.3, -0.25) is 4.79 Å². The minimum atomic E-state index is -6.07. The van der Waals surface area contributed by atoms with Gasteiger partial charge in [0.05, 0.1) is 23.9 Å². The number of benzene rings is 1. The van der Waals surface area contributed by atoms with Crippen LogP contribution in [0.4, 0.5) is 13.2 Å². The van der Waals surface area contributed by atoms with Crippen LogP contribution in [-0.4, -0.2) is 75.1 Å². The maximum absolute atomic E-state index is 12.7. The van der Waals surface area contributed by atoms with Crippen LogP contribution in [0.1, 0.15) is 10.4 Å². The van der Waals surface area contributed by atoms with Crippen LogP contribution in [0, 0.1) is 0 Å². The first-order chi connectivity index (χ1) is 12.7. The van der Waals surface area contributed by atoms with Crippen molar-refractivity contribution in [3.63, 3.8) is 0 Å². The van der Waals surface area contributed by atoms with Crippen molar-refractivity contribution in [2.24, 2.45) is 0 Å². The predicted octanol–water partition coefficient (Wildman–Crippen LogP) is 0.843. The molecule has 162 valence electrons. The number of hydrogen-bond donors (Lipinski definition) is 2. The van der Waals surface area contributed by atoms with E-state index in [0.29, 0.717) is 0 Å². The molecule has 0 aliphatic carbocycles. The number of hydrogen-bond acceptors (Lipinski definition) is 8. The lowest BCUT2D eigenvalue weighted by molar-refractivity contribution is -0.0496. The van der Waals surface area contributed by atoms with Crippen LogP contribution in [0.5, 0.6) is 0 Å². The second-order valence-electron chi connectivity index (χ2n) is 5.65. The van der Waals surface area contributed by atoms with Crippen molar-refractivity contribution in [2.75, 3.05) is 36.7 Å². The Morgan fingerprint density at radius 1 is 1.00 bits per heavy atom. The Hall–Kier alpha value is -1.19. The Morgan fingerprint density at radius 3 is 1.82 bits per heavy atom. The van der Waals surface area contributed by atoms with E-state index in [1.165, 1.54) is 0 Å². The second kappa shape index (κ2) is 9.09. The molecule has 28 heavy (non-hydrogen) atoms. The van der Waals surface area contributed by atoms with Gasteiger partial charge in [0.25, 0.3) is 0 Å². The zero-order chi connectivity index (χ0) is 21.8. The Morgan fingerprint density at radius 2 is 1.46 bits per heavy atom. The van der Waals surface area contributed by atoms with E-state index in [2.05, 4.69) is 3.63 Å². The summed E-state index contributed by atoms with van der Waals surface area (Å²) in [6.07, 6.45) is 0.942. The standard InChI is InChI=1S/C14H19F3O8S3/c1-26(21,22)12-4-2-11(3-5-12)13(20)10-27(8-6-18,9-7-19)25-28(23,24)14(15,16)17/h2-5,18-19H,6-10H2,1H3. The molecule has 0 radical (unpaired) electrons. The molecule has 0 saturated heterocycles. The minimum Gasteiger partial charge on any atom is -0.395 e. The number of carbonyl (C=O) groups excluding carboxylic acids is 1. The summed E-state index contributed by atoms with van der Waals surface area (Å²) >= 11 is 0. The summed E-state index contributed by atoms with van der Waals surface area (Å²) in [5, 5.41) is 18.3. The van der Waals surface area contributed by atoms with Gasteiger partial charge in [0, 0.05) is 23.3 Å². The Balaban J connectivity index is 3.23. The van der Waals surface area contributed by atoms with Crippen LogP contribution >= 0.6 is 10.3 Å². The zero-order valence-electron chi connectivity index (χ0n) is 14.5. The van der Waals surface area contributed by atoms with E-state index in [0.717, 1.165) is 30.5 Å². The Kier molecular flexibility index (Phi) is 8.06. The molecule has 14 heteroatoms. The van der Waals surface area contributed by atoms with Crippen molar-refractivity contribution >= 4 is 36.0 Å². The third-order valence-corrected chi connectivity index (χ3v) is 9.65. The highest BCUT2D eigenvalue weighted by atomic mass is 32.3. The molecule has 1 aromatic rings. The van der Waals surface area contributed by atoms with Gasteiger partial charge in [-0.05, 0) is 12.1 Å². The number of alkyl halides is 3. The van der Waals surface area contributed by atoms with Gasteiger partial charge in [-0.1, -0.05) is 12.1 Å². The highest BCUT2D eigenvalue weighted by Crippen LogP contribution is 2.52. The van der Waals surface area contributed by atoms with Gasteiger partial charge in [0.1, 0.15) is 0 Å². The van der Waals surface area contributed by atoms with Crippen molar-refractivity contribution in [3.05, 3.63) is 29.8 Å². The summed E-state index contributed by atoms with van der Waals surface area (Å²) in [6, 6.07) is 4.48. The molecular formula is C14H19F3O8S3. The maximum atomic E-state index is 12.7. The molecule has 0 atom stereocenters. The number of halogens is 3. The molecule has 0 unspecified atom stereocenters. The van der Waals surface area contributed by atoms with Gasteiger partial charge in [-0.25, -0.2) is 12.0 Å². The number of ketones is 1. The quantitative estimate of drug-likeness (QED) is 0.381. The van der Waals surface area contributed by atoms with Gasteiger partial charge in [-0.15, -0.1) is 10.3 Å². The summed E-state index contributed by atoms with van der Waals surface area (Å²) in [5.74, 6) is -2.82. The second-order valence-corrected chi connectivity index (χ2v) is 12.6. The van der Waals surface area contributed by atoms with E-state index in [1.807, 2.05) is 0 Å². The van der Waals surface area contributed by atoms with Crippen LogP contribution in [0.3, 0.4) is 0 Å². The van der Waals surface area contributed by atoms with Crippen molar-refractivity contribution in [1.29, 1.82) is 0 Å². The summed E-state index contributed by atoms with van der Waals surface area (Å²) in [7, 11) is -13.0. The number of Topliss-reactive ketones (excluding diaryl/α,β-unsaturated/α-hetero) is 1. The van der Waals surface area contributed by atoms with Crippen LogP contribution in [0.15, 0.2) is 29.2 Å². The van der Waals surface area contributed by atoms with Gasteiger partial charge in [-0.2, -0.15) is 21.6 Å². The normalized spacial score (nSPS) is 14.1. The van der Waals surface area contributed by atoms with Gasteiger partial charge in [0.15, 0.2) is 15.6 Å². The molecule has 1 aromatic carbocycles. The van der Waals surface area contributed by atoms with Crippen LogP contribution < -0.4 is 0 Å². The van der Waals surface area contributed by atoms with Gasteiger partial charge >= 0.3 is 15.6 Å². The number of aliphatic hydroxyl groups is 2. The van der Waals surface area contributed by atoms with Crippen LogP contribution in [0.2, 0.25) is 0 Å². The molecule has 1 rings (SSSR count). The van der Waals surface area contributed by atoms with Gasteiger partial charge < -0.3 is 10.2 Å². The molecule has 0 heterocycles. The topological polar surface area (TPSA) is 135 Å². The zero-order valence-corrected chi connectivity index (χ0v) is 17.0. The molecule has 0 saturated carbocycles. The van der Waals surface area contributed by atoms with E-state index in [1.54, 1.807) is 0 Å². The molecule has 0 aliphatic rings. The third kappa shape index (κ3) is 6.42. The highest BCUT2D eigenvalue weighted by Gasteiger charge is 2.51. The van der Waals surface area contributed by atoms with E-state index >= 15 is 0 Å². The minimum absolute atomic E-state index is 0.0897. The Labute approximate surface area is 161 Å². The van der Waals surface area contributed by atoms with Crippen molar-refractivity contribution in [2.45, 2.75) is 10.4 Å².